The van der Waals surface area contributed by atoms with Crippen LogP contribution in [0, 0.1) is 6.92 Å². The number of carbonyl (C=O) groups is 1. The summed E-state index contributed by atoms with van der Waals surface area (Å²) < 4.78 is 5.29. The van der Waals surface area contributed by atoms with E-state index >= 15 is 0 Å². The summed E-state index contributed by atoms with van der Waals surface area (Å²) in [5, 5.41) is 6.09. The average Bonchev–Trinajstić information content (AvgIpc) is 2.76. The third kappa shape index (κ3) is 2.85. The molecule has 0 bridgehead atoms. The molecule has 5 heteroatoms. The zero-order chi connectivity index (χ0) is 13.0. The van der Waals surface area contributed by atoms with E-state index in [9.17, 15) is 4.79 Å². The van der Waals surface area contributed by atoms with E-state index < -0.39 is 0 Å². The molecule has 1 heterocycles. The standard InChI is InChI=1S/C13H19N3O2/c1-10-3-4-12(18-2)11(9-10)14-5-7-16-8-6-15-13(16)17/h3-4,9,14H,5-8H2,1-2H3,(H,15,17). The normalized spacial score (nSPS) is 14.6. The Hall–Kier alpha value is -1.91. The van der Waals surface area contributed by atoms with Crippen LogP contribution < -0.4 is 15.4 Å². The second-order valence-corrected chi connectivity index (χ2v) is 4.35. The molecule has 1 saturated heterocycles. The minimum atomic E-state index is 0.0213. The number of ether oxygens (including phenoxy) is 1. The van der Waals surface area contributed by atoms with Crippen LogP contribution in [0.5, 0.6) is 5.75 Å². The van der Waals surface area contributed by atoms with Crippen LogP contribution in [0.25, 0.3) is 0 Å². The van der Waals surface area contributed by atoms with E-state index in [-0.39, 0.29) is 6.03 Å². The van der Waals surface area contributed by atoms with Gasteiger partial charge >= 0.3 is 6.03 Å². The molecule has 98 valence electrons. The first-order valence-electron chi connectivity index (χ1n) is 6.12. The maximum Gasteiger partial charge on any atom is 0.317 e. The van der Waals surface area contributed by atoms with Crippen LogP contribution >= 0.6 is 0 Å². The van der Waals surface area contributed by atoms with Crippen LogP contribution in [0.1, 0.15) is 5.56 Å². The van der Waals surface area contributed by atoms with Crippen molar-refractivity contribution < 1.29 is 9.53 Å². The number of amides is 2. The van der Waals surface area contributed by atoms with E-state index in [0.717, 1.165) is 24.5 Å². The minimum absolute atomic E-state index is 0.0213. The van der Waals surface area contributed by atoms with Gasteiger partial charge in [-0.05, 0) is 24.6 Å². The van der Waals surface area contributed by atoms with Gasteiger partial charge in [-0.1, -0.05) is 6.07 Å². The number of aryl methyl sites for hydroxylation is 1. The largest absolute Gasteiger partial charge is 0.495 e. The van der Waals surface area contributed by atoms with Gasteiger partial charge in [0.1, 0.15) is 5.75 Å². The van der Waals surface area contributed by atoms with Crippen molar-refractivity contribution in [3.8, 4) is 5.75 Å². The number of nitrogens with one attached hydrogen (secondary N) is 2. The van der Waals surface area contributed by atoms with E-state index in [4.69, 9.17) is 4.74 Å². The maximum atomic E-state index is 11.4. The fourth-order valence-electron chi connectivity index (χ4n) is 2.01. The maximum absolute atomic E-state index is 11.4. The van der Waals surface area contributed by atoms with Gasteiger partial charge in [-0.15, -0.1) is 0 Å². The molecule has 2 rings (SSSR count). The highest BCUT2D eigenvalue weighted by Gasteiger charge is 2.18. The Labute approximate surface area is 107 Å². The molecular formula is C13H19N3O2. The van der Waals surface area contributed by atoms with Crippen LogP contribution in [-0.4, -0.2) is 44.2 Å². The molecule has 0 aliphatic carbocycles. The second kappa shape index (κ2) is 5.62. The van der Waals surface area contributed by atoms with Gasteiger partial charge in [0.05, 0.1) is 12.8 Å². The SMILES string of the molecule is COc1ccc(C)cc1NCCN1CCNC1=O. The van der Waals surface area contributed by atoms with Crippen molar-refractivity contribution in [2.45, 2.75) is 6.92 Å². The second-order valence-electron chi connectivity index (χ2n) is 4.35. The topological polar surface area (TPSA) is 53.6 Å². The Kier molecular flexibility index (Phi) is 3.92. The van der Waals surface area contributed by atoms with Gasteiger partial charge in [-0.2, -0.15) is 0 Å². The summed E-state index contributed by atoms with van der Waals surface area (Å²) in [4.78, 5) is 13.2. The molecule has 2 N–H and O–H groups in total. The van der Waals surface area contributed by atoms with Crippen molar-refractivity contribution in [2.75, 3.05) is 38.6 Å². The summed E-state index contributed by atoms with van der Waals surface area (Å²) in [7, 11) is 1.66. The fraction of sp³-hybridized carbons (Fsp3) is 0.462. The van der Waals surface area contributed by atoms with Crippen LogP contribution in [-0.2, 0) is 0 Å². The van der Waals surface area contributed by atoms with E-state index in [2.05, 4.69) is 10.6 Å². The molecule has 0 atom stereocenters. The first-order chi connectivity index (χ1) is 8.70. The number of urea groups is 1. The highest BCUT2D eigenvalue weighted by atomic mass is 16.5. The summed E-state index contributed by atoms with van der Waals surface area (Å²) in [5.41, 5.74) is 2.15. The number of anilines is 1. The lowest BCUT2D eigenvalue weighted by molar-refractivity contribution is 0.219. The molecule has 0 spiro atoms. The Bertz CT molecular complexity index is 434. The third-order valence-corrected chi connectivity index (χ3v) is 3.00. The zero-order valence-electron chi connectivity index (χ0n) is 10.8. The van der Waals surface area contributed by atoms with Crippen LogP contribution in [0.4, 0.5) is 10.5 Å². The number of hydrogen-bond donors (Lipinski definition) is 2. The molecule has 1 aliphatic heterocycles. The molecule has 1 aliphatic rings. The quantitative estimate of drug-likeness (QED) is 0.830. The highest BCUT2D eigenvalue weighted by molar-refractivity contribution is 5.76. The fourth-order valence-corrected chi connectivity index (χ4v) is 2.01. The molecular weight excluding hydrogens is 230 g/mol. The Balaban J connectivity index is 1.89. The minimum Gasteiger partial charge on any atom is -0.495 e. The van der Waals surface area contributed by atoms with Gasteiger partial charge in [0, 0.05) is 26.2 Å². The number of benzene rings is 1. The van der Waals surface area contributed by atoms with Gasteiger partial charge in [0.2, 0.25) is 0 Å². The highest BCUT2D eigenvalue weighted by Crippen LogP contribution is 2.24. The summed E-state index contributed by atoms with van der Waals surface area (Å²) >= 11 is 0. The van der Waals surface area contributed by atoms with Crippen LogP contribution in [0.15, 0.2) is 18.2 Å². The first kappa shape index (κ1) is 12.5. The van der Waals surface area contributed by atoms with Gasteiger partial charge < -0.3 is 20.3 Å². The lowest BCUT2D eigenvalue weighted by atomic mass is 10.2. The van der Waals surface area contributed by atoms with Crippen molar-refractivity contribution in [2.24, 2.45) is 0 Å². The number of nitrogens with zero attached hydrogens (tertiary/aromatic N) is 1. The number of hydrogen-bond acceptors (Lipinski definition) is 3. The molecule has 18 heavy (non-hydrogen) atoms. The molecule has 0 unspecified atom stereocenters. The van der Waals surface area contributed by atoms with Crippen LogP contribution in [0.3, 0.4) is 0 Å². The van der Waals surface area contributed by atoms with Gasteiger partial charge in [-0.25, -0.2) is 4.79 Å². The van der Waals surface area contributed by atoms with Gasteiger partial charge in [0.15, 0.2) is 0 Å². The van der Waals surface area contributed by atoms with Gasteiger partial charge in [0.25, 0.3) is 0 Å². The molecule has 5 nitrogen and oxygen atoms in total. The lowest BCUT2D eigenvalue weighted by Crippen LogP contribution is -2.32. The molecule has 0 saturated carbocycles. The lowest BCUT2D eigenvalue weighted by Gasteiger charge is -2.16. The molecule has 1 fully saturated rings. The molecule has 0 radical (unpaired) electrons. The van der Waals surface area contributed by atoms with E-state index in [1.54, 1.807) is 12.0 Å². The first-order valence-corrected chi connectivity index (χ1v) is 6.12. The van der Waals surface area contributed by atoms with E-state index in [0.29, 0.717) is 13.1 Å². The van der Waals surface area contributed by atoms with E-state index in [1.165, 1.54) is 5.56 Å². The van der Waals surface area contributed by atoms with Crippen molar-refractivity contribution in [3.05, 3.63) is 23.8 Å². The average molecular weight is 249 g/mol. The van der Waals surface area contributed by atoms with Crippen molar-refractivity contribution in [1.82, 2.24) is 10.2 Å². The Morgan fingerprint density at radius 3 is 3.00 bits per heavy atom. The monoisotopic (exact) mass is 249 g/mol. The van der Waals surface area contributed by atoms with Crippen molar-refractivity contribution in [1.29, 1.82) is 0 Å². The van der Waals surface area contributed by atoms with E-state index in [1.807, 2.05) is 25.1 Å². The van der Waals surface area contributed by atoms with Crippen LogP contribution in [0.2, 0.25) is 0 Å². The predicted molar refractivity (Wildman–Crippen MR) is 71.2 cm³/mol. The predicted octanol–water partition coefficient (Wildman–Crippen LogP) is 1.44. The van der Waals surface area contributed by atoms with Crippen molar-refractivity contribution in [3.63, 3.8) is 0 Å². The summed E-state index contributed by atoms with van der Waals surface area (Å²) in [6.07, 6.45) is 0. The number of carbonyl (C=O) groups excluding carboxylic acids is 1. The zero-order valence-corrected chi connectivity index (χ0v) is 10.8. The molecule has 2 amide bonds. The Morgan fingerprint density at radius 2 is 2.33 bits per heavy atom. The third-order valence-electron chi connectivity index (χ3n) is 3.00. The summed E-state index contributed by atoms with van der Waals surface area (Å²) in [5.74, 6) is 0.825. The summed E-state index contributed by atoms with van der Waals surface area (Å²) in [6.45, 7) is 4.98. The Morgan fingerprint density at radius 1 is 1.50 bits per heavy atom. The molecule has 1 aromatic rings. The molecule has 0 aromatic heterocycles. The number of rotatable bonds is 5. The number of methoxy groups -OCH3 is 1. The summed E-state index contributed by atoms with van der Waals surface area (Å²) in [6, 6.07) is 6.02. The smallest absolute Gasteiger partial charge is 0.317 e. The van der Waals surface area contributed by atoms with Crippen molar-refractivity contribution >= 4 is 11.7 Å². The van der Waals surface area contributed by atoms with Gasteiger partial charge in [-0.3, -0.25) is 0 Å². The molecule has 1 aromatic carbocycles.